The van der Waals surface area contributed by atoms with Gasteiger partial charge >= 0.3 is 0 Å². The predicted molar refractivity (Wildman–Crippen MR) is 86.2 cm³/mol. The van der Waals surface area contributed by atoms with Gasteiger partial charge in [0, 0.05) is 12.7 Å². The second kappa shape index (κ2) is 5.99. The monoisotopic (exact) mass is 286 g/mol. The zero-order valence-corrected chi connectivity index (χ0v) is 13.2. The molecule has 0 saturated heterocycles. The molecule has 5 nitrogen and oxygen atoms in total. The second-order valence-corrected chi connectivity index (χ2v) is 5.49. The molecule has 0 unspecified atom stereocenters. The number of nitrogens with zero attached hydrogens (tertiary/aromatic N) is 3. The van der Waals surface area contributed by atoms with Crippen LogP contribution in [0.15, 0.2) is 24.5 Å². The van der Waals surface area contributed by atoms with Gasteiger partial charge in [0.15, 0.2) is 5.82 Å². The van der Waals surface area contributed by atoms with Crippen molar-refractivity contribution in [3.05, 3.63) is 35.7 Å². The van der Waals surface area contributed by atoms with E-state index in [1.807, 2.05) is 25.8 Å². The molecule has 0 aliphatic rings. The summed E-state index contributed by atoms with van der Waals surface area (Å²) in [6.07, 6.45) is 1.49. The first-order valence-corrected chi connectivity index (χ1v) is 6.97. The van der Waals surface area contributed by atoms with Crippen molar-refractivity contribution in [2.45, 2.75) is 33.8 Å². The number of ether oxygens (including phenoxy) is 1. The van der Waals surface area contributed by atoms with Crippen LogP contribution in [-0.4, -0.2) is 23.1 Å². The molecule has 1 aromatic carbocycles. The van der Waals surface area contributed by atoms with Crippen LogP contribution >= 0.6 is 0 Å². The van der Waals surface area contributed by atoms with Crippen molar-refractivity contribution in [1.29, 1.82) is 0 Å². The van der Waals surface area contributed by atoms with Gasteiger partial charge < -0.3 is 15.4 Å². The van der Waals surface area contributed by atoms with Gasteiger partial charge in [-0.15, -0.1) is 0 Å². The topological polar surface area (TPSA) is 64.3 Å². The van der Waals surface area contributed by atoms with E-state index in [0.29, 0.717) is 17.4 Å². The maximum Gasteiger partial charge on any atom is 0.242 e. The van der Waals surface area contributed by atoms with Crippen molar-refractivity contribution >= 4 is 17.2 Å². The van der Waals surface area contributed by atoms with Crippen LogP contribution in [0.5, 0.6) is 5.88 Å². The molecule has 0 fully saturated rings. The zero-order chi connectivity index (χ0) is 15.6. The number of rotatable bonds is 4. The third-order valence-corrected chi connectivity index (χ3v) is 3.09. The Hall–Kier alpha value is -2.30. The van der Waals surface area contributed by atoms with Crippen molar-refractivity contribution in [3.63, 3.8) is 0 Å². The Balaban J connectivity index is 2.41. The van der Waals surface area contributed by atoms with E-state index in [9.17, 15) is 0 Å². The Bertz CT molecular complexity index is 620. The second-order valence-electron chi connectivity index (χ2n) is 5.49. The van der Waals surface area contributed by atoms with Crippen LogP contribution in [-0.2, 0) is 0 Å². The summed E-state index contributed by atoms with van der Waals surface area (Å²) < 4.78 is 5.62. The number of aromatic nitrogens is 2. The highest BCUT2D eigenvalue weighted by Gasteiger charge is 2.15. The van der Waals surface area contributed by atoms with Gasteiger partial charge in [0.2, 0.25) is 5.88 Å². The first kappa shape index (κ1) is 15.1. The van der Waals surface area contributed by atoms with Crippen LogP contribution in [0.3, 0.4) is 0 Å². The largest absolute Gasteiger partial charge is 0.473 e. The molecule has 0 saturated carbocycles. The number of nitrogen functional groups attached to an aromatic ring is 1. The maximum atomic E-state index is 6.15. The fourth-order valence-electron chi connectivity index (χ4n) is 2.22. The number of anilines is 3. The zero-order valence-electron chi connectivity index (χ0n) is 13.2. The lowest BCUT2D eigenvalue weighted by Crippen LogP contribution is -2.16. The summed E-state index contributed by atoms with van der Waals surface area (Å²) in [7, 11) is 1.94. The molecule has 0 spiro atoms. The summed E-state index contributed by atoms with van der Waals surface area (Å²) >= 11 is 0. The number of hydrogen-bond donors (Lipinski definition) is 1. The van der Waals surface area contributed by atoms with Crippen molar-refractivity contribution < 1.29 is 4.74 Å². The molecule has 0 radical (unpaired) electrons. The van der Waals surface area contributed by atoms with Crippen LogP contribution in [0.2, 0.25) is 0 Å². The number of nitrogens with two attached hydrogens (primary N) is 1. The average Bonchev–Trinajstić information content (AvgIpc) is 2.39. The average molecular weight is 286 g/mol. The highest BCUT2D eigenvalue weighted by molar-refractivity contribution is 5.74. The molecule has 1 heterocycles. The van der Waals surface area contributed by atoms with E-state index in [0.717, 1.165) is 5.69 Å². The van der Waals surface area contributed by atoms with E-state index < -0.39 is 0 Å². The molecule has 0 aliphatic carbocycles. The third-order valence-electron chi connectivity index (χ3n) is 3.09. The molecule has 1 aromatic heterocycles. The minimum Gasteiger partial charge on any atom is -0.473 e. The molecule has 0 atom stereocenters. The van der Waals surface area contributed by atoms with Crippen molar-refractivity contribution in [2.75, 3.05) is 17.7 Å². The summed E-state index contributed by atoms with van der Waals surface area (Å²) in [6, 6.07) is 6.32. The van der Waals surface area contributed by atoms with Gasteiger partial charge in [-0.3, -0.25) is 0 Å². The van der Waals surface area contributed by atoms with E-state index in [4.69, 9.17) is 10.5 Å². The minimum absolute atomic E-state index is 0.0153. The Labute approximate surface area is 125 Å². The molecule has 5 heteroatoms. The van der Waals surface area contributed by atoms with Crippen LogP contribution in [0.4, 0.5) is 17.2 Å². The molecule has 0 bridgehead atoms. The summed E-state index contributed by atoms with van der Waals surface area (Å²) in [5, 5.41) is 0. The van der Waals surface area contributed by atoms with Crippen LogP contribution in [0.1, 0.15) is 25.0 Å². The fourth-order valence-corrected chi connectivity index (χ4v) is 2.22. The number of aryl methyl sites for hydroxylation is 2. The standard InChI is InChI=1S/C16H22N4O/c1-10(2)21-16-14(17)15(18-9-19-16)20(5)13-7-11(3)6-12(4)8-13/h6-10H,17H2,1-5H3. The van der Waals surface area contributed by atoms with E-state index in [1.54, 1.807) is 0 Å². The quantitative estimate of drug-likeness (QED) is 0.934. The first-order valence-electron chi connectivity index (χ1n) is 6.97. The predicted octanol–water partition coefficient (Wildman–Crippen LogP) is 3.23. The maximum absolute atomic E-state index is 6.15. The van der Waals surface area contributed by atoms with Crippen molar-refractivity contribution in [3.8, 4) is 5.88 Å². The third kappa shape index (κ3) is 3.42. The Kier molecular flexibility index (Phi) is 4.31. The van der Waals surface area contributed by atoms with Gasteiger partial charge in [-0.1, -0.05) is 6.07 Å². The molecular formula is C16H22N4O. The summed E-state index contributed by atoms with van der Waals surface area (Å²) in [5.41, 5.74) is 10.0. The lowest BCUT2D eigenvalue weighted by Gasteiger charge is -2.22. The minimum atomic E-state index is 0.0153. The summed E-state index contributed by atoms with van der Waals surface area (Å²) in [4.78, 5) is 10.3. The van der Waals surface area contributed by atoms with Crippen molar-refractivity contribution in [1.82, 2.24) is 9.97 Å². The molecule has 0 amide bonds. The first-order chi connectivity index (χ1) is 9.88. The Morgan fingerprint density at radius 2 is 1.71 bits per heavy atom. The summed E-state index contributed by atoms with van der Waals surface area (Å²) in [5.74, 6) is 1.07. The number of hydrogen-bond acceptors (Lipinski definition) is 5. The van der Waals surface area contributed by atoms with Crippen LogP contribution < -0.4 is 15.4 Å². The van der Waals surface area contributed by atoms with E-state index in [2.05, 4.69) is 42.0 Å². The molecule has 2 aromatic rings. The van der Waals surface area contributed by atoms with E-state index in [-0.39, 0.29) is 6.10 Å². The van der Waals surface area contributed by atoms with Gasteiger partial charge in [-0.2, -0.15) is 4.98 Å². The lowest BCUT2D eigenvalue weighted by atomic mass is 10.1. The van der Waals surface area contributed by atoms with Gasteiger partial charge in [0.1, 0.15) is 12.0 Å². The summed E-state index contributed by atoms with van der Waals surface area (Å²) in [6.45, 7) is 8.02. The van der Waals surface area contributed by atoms with Gasteiger partial charge in [0.25, 0.3) is 0 Å². The molecule has 21 heavy (non-hydrogen) atoms. The van der Waals surface area contributed by atoms with E-state index in [1.165, 1.54) is 17.5 Å². The molecule has 2 N–H and O–H groups in total. The van der Waals surface area contributed by atoms with Crippen LogP contribution in [0, 0.1) is 13.8 Å². The smallest absolute Gasteiger partial charge is 0.242 e. The normalized spacial score (nSPS) is 10.8. The molecule has 2 rings (SSSR count). The van der Waals surface area contributed by atoms with Crippen LogP contribution in [0.25, 0.3) is 0 Å². The van der Waals surface area contributed by atoms with Gasteiger partial charge in [-0.05, 0) is 51.0 Å². The SMILES string of the molecule is Cc1cc(C)cc(N(C)c2ncnc(OC(C)C)c2N)c1. The highest BCUT2D eigenvalue weighted by atomic mass is 16.5. The Morgan fingerprint density at radius 3 is 2.29 bits per heavy atom. The molecule has 112 valence electrons. The van der Waals surface area contributed by atoms with Crippen molar-refractivity contribution in [2.24, 2.45) is 0 Å². The van der Waals surface area contributed by atoms with Gasteiger partial charge in [0.05, 0.1) is 6.10 Å². The molecular weight excluding hydrogens is 264 g/mol. The number of benzene rings is 1. The fraction of sp³-hybridized carbons (Fsp3) is 0.375. The Morgan fingerprint density at radius 1 is 1.10 bits per heavy atom. The highest BCUT2D eigenvalue weighted by Crippen LogP contribution is 2.32. The molecule has 0 aliphatic heterocycles. The lowest BCUT2D eigenvalue weighted by molar-refractivity contribution is 0.234. The van der Waals surface area contributed by atoms with Gasteiger partial charge in [-0.25, -0.2) is 4.98 Å². The van der Waals surface area contributed by atoms with E-state index >= 15 is 0 Å².